The molecule has 3 nitrogen and oxygen atoms in total. The Morgan fingerprint density at radius 1 is 1.21 bits per heavy atom. The zero-order chi connectivity index (χ0) is 13.8. The van der Waals surface area contributed by atoms with Gasteiger partial charge in [-0.25, -0.2) is 0 Å². The fraction of sp³-hybridized carbons (Fsp3) is 0.938. The van der Waals surface area contributed by atoms with Crippen LogP contribution in [0.2, 0.25) is 0 Å². The number of hydrogen-bond donors (Lipinski definition) is 1. The van der Waals surface area contributed by atoms with Crippen LogP contribution in [0.25, 0.3) is 0 Å². The average molecular weight is 266 g/mol. The van der Waals surface area contributed by atoms with E-state index in [1.807, 2.05) is 0 Å². The van der Waals surface area contributed by atoms with Crippen LogP contribution < -0.4 is 5.32 Å². The van der Waals surface area contributed by atoms with Crippen LogP contribution in [0, 0.1) is 5.92 Å². The Kier molecular flexibility index (Phi) is 5.26. The summed E-state index contributed by atoms with van der Waals surface area (Å²) in [5.41, 5.74) is 0. The third kappa shape index (κ3) is 3.31. The first-order valence-corrected chi connectivity index (χ1v) is 8.25. The molecule has 110 valence electrons. The molecule has 1 saturated heterocycles. The zero-order valence-corrected chi connectivity index (χ0v) is 12.8. The Hall–Kier alpha value is -0.570. The lowest BCUT2D eigenvalue weighted by Crippen LogP contribution is -2.46. The number of nitrogens with one attached hydrogen (secondary N) is 1. The molecule has 3 heteroatoms. The first kappa shape index (κ1) is 14.8. The van der Waals surface area contributed by atoms with Crippen molar-refractivity contribution in [2.24, 2.45) is 5.92 Å². The first-order chi connectivity index (χ1) is 9.17. The largest absolute Gasteiger partial charge is 0.323 e. The van der Waals surface area contributed by atoms with E-state index in [1.54, 1.807) is 0 Å². The molecule has 4 atom stereocenters. The quantitative estimate of drug-likeness (QED) is 0.828. The smallest absolute Gasteiger partial charge is 0.241 e. The van der Waals surface area contributed by atoms with Gasteiger partial charge in [-0.05, 0) is 31.6 Å². The van der Waals surface area contributed by atoms with E-state index in [9.17, 15) is 4.79 Å². The van der Waals surface area contributed by atoms with Crippen molar-refractivity contribution < 1.29 is 4.79 Å². The van der Waals surface area contributed by atoms with Gasteiger partial charge in [-0.15, -0.1) is 0 Å². The molecule has 1 aliphatic carbocycles. The van der Waals surface area contributed by atoms with Gasteiger partial charge >= 0.3 is 0 Å². The second kappa shape index (κ2) is 6.74. The highest BCUT2D eigenvalue weighted by atomic mass is 16.2. The topological polar surface area (TPSA) is 32.3 Å². The summed E-state index contributed by atoms with van der Waals surface area (Å²) in [6, 6.07) is 0.570. The molecule has 2 fully saturated rings. The maximum absolute atomic E-state index is 12.7. The molecule has 1 heterocycles. The number of rotatable bonds is 5. The van der Waals surface area contributed by atoms with E-state index in [4.69, 9.17) is 0 Å². The van der Waals surface area contributed by atoms with Crippen LogP contribution >= 0.6 is 0 Å². The van der Waals surface area contributed by atoms with Gasteiger partial charge in [0, 0.05) is 6.04 Å². The first-order valence-electron chi connectivity index (χ1n) is 8.25. The predicted molar refractivity (Wildman–Crippen MR) is 78.8 cm³/mol. The lowest BCUT2D eigenvalue weighted by atomic mass is 9.86. The Balaban J connectivity index is 2.07. The maximum atomic E-state index is 12.7. The van der Waals surface area contributed by atoms with Gasteiger partial charge in [0.2, 0.25) is 5.91 Å². The highest BCUT2D eigenvalue weighted by molar-refractivity contribution is 5.84. The minimum Gasteiger partial charge on any atom is -0.323 e. The summed E-state index contributed by atoms with van der Waals surface area (Å²) in [7, 11) is 0. The van der Waals surface area contributed by atoms with E-state index in [2.05, 4.69) is 31.0 Å². The average Bonchev–Trinajstić information content (AvgIpc) is 2.67. The monoisotopic (exact) mass is 266 g/mol. The van der Waals surface area contributed by atoms with Crippen LogP contribution in [0.1, 0.15) is 72.1 Å². The van der Waals surface area contributed by atoms with Crippen molar-refractivity contribution in [2.45, 2.75) is 90.4 Å². The SMILES string of the molecule is CCCC1NC(CCC)N(C2CCCC(C)C2)C1=O. The normalized spacial score (nSPS) is 35.9. The molecule has 1 aliphatic heterocycles. The summed E-state index contributed by atoms with van der Waals surface area (Å²) in [6.07, 6.45) is 9.62. The van der Waals surface area contributed by atoms with Gasteiger partial charge in [0.25, 0.3) is 0 Å². The molecule has 0 aromatic heterocycles. The van der Waals surface area contributed by atoms with E-state index in [-0.39, 0.29) is 6.04 Å². The summed E-state index contributed by atoms with van der Waals surface area (Å²) in [5, 5.41) is 3.58. The van der Waals surface area contributed by atoms with Gasteiger partial charge in [0.05, 0.1) is 12.2 Å². The molecule has 1 N–H and O–H groups in total. The van der Waals surface area contributed by atoms with Gasteiger partial charge in [0.15, 0.2) is 0 Å². The molecule has 1 saturated carbocycles. The molecule has 2 rings (SSSR count). The fourth-order valence-electron chi connectivity index (χ4n) is 3.80. The van der Waals surface area contributed by atoms with Gasteiger partial charge in [-0.1, -0.05) is 46.5 Å². The predicted octanol–water partition coefficient (Wildman–Crippen LogP) is 3.29. The van der Waals surface area contributed by atoms with Crippen molar-refractivity contribution >= 4 is 5.91 Å². The number of carbonyl (C=O) groups is 1. The molecule has 0 aromatic carbocycles. The van der Waals surface area contributed by atoms with Gasteiger partial charge in [0.1, 0.15) is 0 Å². The Labute approximate surface area is 118 Å². The summed E-state index contributed by atoms with van der Waals surface area (Å²) < 4.78 is 0. The third-order valence-corrected chi connectivity index (χ3v) is 4.72. The highest BCUT2D eigenvalue weighted by Gasteiger charge is 2.42. The van der Waals surface area contributed by atoms with Crippen LogP contribution in [-0.2, 0) is 4.79 Å². The molecule has 0 aromatic rings. The number of carbonyl (C=O) groups excluding carboxylic acids is 1. The van der Waals surface area contributed by atoms with Crippen molar-refractivity contribution in [2.75, 3.05) is 0 Å². The lowest BCUT2D eigenvalue weighted by molar-refractivity contribution is -0.133. The summed E-state index contributed by atoms with van der Waals surface area (Å²) in [6.45, 7) is 6.70. The van der Waals surface area contributed by atoms with E-state index in [0.717, 1.165) is 31.6 Å². The van der Waals surface area contributed by atoms with Gasteiger partial charge in [-0.3, -0.25) is 10.1 Å². The molecule has 0 spiro atoms. The van der Waals surface area contributed by atoms with Crippen molar-refractivity contribution in [3.8, 4) is 0 Å². The van der Waals surface area contributed by atoms with E-state index in [1.165, 1.54) is 25.7 Å². The van der Waals surface area contributed by atoms with Crippen molar-refractivity contribution in [3.63, 3.8) is 0 Å². The second-order valence-corrected chi connectivity index (χ2v) is 6.48. The lowest BCUT2D eigenvalue weighted by Gasteiger charge is -2.37. The Morgan fingerprint density at radius 3 is 2.58 bits per heavy atom. The van der Waals surface area contributed by atoms with Crippen molar-refractivity contribution in [1.82, 2.24) is 10.2 Å². The minimum absolute atomic E-state index is 0.0822. The maximum Gasteiger partial charge on any atom is 0.241 e. The molecular formula is C16H30N2O. The number of amides is 1. The number of nitrogens with zero attached hydrogens (tertiary/aromatic N) is 1. The summed E-state index contributed by atoms with van der Waals surface area (Å²) in [4.78, 5) is 14.9. The fourth-order valence-corrected chi connectivity index (χ4v) is 3.80. The Bertz CT molecular complexity index is 305. The zero-order valence-electron chi connectivity index (χ0n) is 12.8. The molecule has 19 heavy (non-hydrogen) atoms. The van der Waals surface area contributed by atoms with Crippen LogP contribution in [-0.4, -0.2) is 29.1 Å². The molecular weight excluding hydrogens is 236 g/mol. The van der Waals surface area contributed by atoms with E-state index < -0.39 is 0 Å². The van der Waals surface area contributed by atoms with Crippen LogP contribution in [0.15, 0.2) is 0 Å². The second-order valence-electron chi connectivity index (χ2n) is 6.48. The minimum atomic E-state index is 0.0822. The van der Waals surface area contributed by atoms with Gasteiger partial charge in [-0.2, -0.15) is 0 Å². The van der Waals surface area contributed by atoms with Crippen molar-refractivity contribution in [1.29, 1.82) is 0 Å². The van der Waals surface area contributed by atoms with E-state index in [0.29, 0.717) is 18.1 Å². The summed E-state index contributed by atoms with van der Waals surface area (Å²) in [5.74, 6) is 1.15. The van der Waals surface area contributed by atoms with Crippen LogP contribution in [0.5, 0.6) is 0 Å². The Morgan fingerprint density at radius 2 is 1.95 bits per heavy atom. The molecule has 4 unspecified atom stereocenters. The highest BCUT2D eigenvalue weighted by Crippen LogP contribution is 2.31. The van der Waals surface area contributed by atoms with Gasteiger partial charge < -0.3 is 4.90 Å². The molecule has 2 aliphatic rings. The molecule has 0 bridgehead atoms. The number of hydrogen-bond acceptors (Lipinski definition) is 2. The standard InChI is InChI=1S/C16H30N2O/c1-4-7-14-16(19)18(15(17-14)8-5-2)13-10-6-9-12(3)11-13/h12-15,17H,4-11H2,1-3H3. The van der Waals surface area contributed by atoms with Crippen LogP contribution in [0.4, 0.5) is 0 Å². The van der Waals surface area contributed by atoms with Crippen molar-refractivity contribution in [3.05, 3.63) is 0 Å². The molecule has 1 amide bonds. The molecule has 0 radical (unpaired) electrons. The third-order valence-electron chi connectivity index (χ3n) is 4.72. The van der Waals surface area contributed by atoms with Crippen LogP contribution in [0.3, 0.4) is 0 Å². The van der Waals surface area contributed by atoms with E-state index >= 15 is 0 Å². The summed E-state index contributed by atoms with van der Waals surface area (Å²) >= 11 is 0.